The number of halogens is 1. The summed E-state index contributed by atoms with van der Waals surface area (Å²) < 4.78 is 0.726. The fourth-order valence-corrected chi connectivity index (χ4v) is 2.29. The average Bonchev–Trinajstić information content (AvgIpc) is 2.73. The molecule has 0 radical (unpaired) electrons. The molecule has 0 aromatic carbocycles. The molecule has 17 heavy (non-hydrogen) atoms. The van der Waals surface area contributed by atoms with E-state index in [1.54, 1.807) is 0 Å². The zero-order chi connectivity index (χ0) is 12.7. The molecule has 1 aromatic rings. The fraction of sp³-hybridized carbons (Fsp3) is 0.500. The molecular weight excluding hydrogens is 256 g/mol. The molecule has 0 aliphatic heterocycles. The van der Waals surface area contributed by atoms with E-state index in [1.165, 1.54) is 11.3 Å². The Hall–Kier alpha value is -0.870. The highest BCUT2D eigenvalue weighted by Gasteiger charge is 2.03. The number of carbonyl (C=O) groups is 1. The van der Waals surface area contributed by atoms with Gasteiger partial charge in [-0.3, -0.25) is 4.79 Å². The van der Waals surface area contributed by atoms with Gasteiger partial charge in [-0.2, -0.15) is 5.10 Å². The summed E-state index contributed by atoms with van der Waals surface area (Å²) in [6, 6.07) is 3.72. The van der Waals surface area contributed by atoms with Gasteiger partial charge in [0.05, 0.1) is 14.9 Å². The SMILES string of the molecule is CCCCCC(=O)N/N=C(/C)c1ccc(Cl)s1. The second-order valence-electron chi connectivity index (χ2n) is 3.79. The van der Waals surface area contributed by atoms with Gasteiger partial charge in [0.2, 0.25) is 5.91 Å². The number of hydrazone groups is 1. The number of thiophene rings is 1. The predicted octanol–water partition coefficient (Wildman–Crippen LogP) is 3.82. The molecule has 0 aliphatic rings. The summed E-state index contributed by atoms with van der Waals surface area (Å²) in [4.78, 5) is 12.4. The highest BCUT2D eigenvalue weighted by atomic mass is 35.5. The second kappa shape index (κ2) is 7.45. The molecule has 3 nitrogen and oxygen atoms in total. The first-order chi connectivity index (χ1) is 8.13. The van der Waals surface area contributed by atoms with E-state index in [9.17, 15) is 4.79 Å². The molecular formula is C12H17ClN2OS. The van der Waals surface area contributed by atoms with Crippen LogP contribution in [-0.2, 0) is 4.79 Å². The van der Waals surface area contributed by atoms with E-state index in [0.717, 1.165) is 34.2 Å². The highest BCUT2D eigenvalue weighted by Crippen LogP contribution is 2.21. The minimum absolute atomic E-state index is 0.0274. The van der Waals surface area contributed by atoms with Crippen LogP contribution in [0.4, 0.5) is 0 Å². The maximum absolute atomic E-state index is 11.4. The van der Waals surface area contributed by atoms with Crippen molar-refractivity contribution >= 4 is 34.6 Å². The van der Waals surface area contributed by atoms with Crippen LogP contribution in [0.2, 0.25) is 4.34 Å². The maximum atomic E-state index is 11.4. The maximum Gasteiger partial charge on any atom is 0.240 e. The van der Waals surface area contributed by atoms with Crippen LogP contribution in [0.3, 0.4) is 0 Å². The Balaban J connectivity index is 2.40. The lowest BCUT2D eigenvalue weighted by molar-refractivity contribution is -0.121. The van der Waals surface area contributed by atoms with Crippen LogP contribution in [0.1, 0.15) is 44.4 Å². The lowest BCUT2D eigenvalue weighted by Gasteiger charge is -2.00. The summed E-state index contributed by atoms with van der Waals surface area (Å²) in [7, 11) is 0. The van der Waals surface area contributed by atoms with Gasteiger partial charge >= 0.3 is 0 Å². The number of amides is 1. The van der Waals surface area contributed by atoms with Gasteiger partial charge in [0, 0.05) is 6.42 Å². The monoisotopic (exact) mass is 272 g/mol. The third-order valence-corrected chi connectivity index (χ3v) is 3.63. The first-order valence-electron chi connectivity index (χ1n) is 5.72. The molecule has 1 heterocycles. The van der Waals surface area contributed by atoms with Gasteiger partial charge in [-0.05, 0) is 25.5 Å². The standard InChI is InChI=1S/C12H17ClN2OS/c1-3-4-5-6-12(16)15-14-9(2)10-7-8-11(13)17-10/h7-8H,3-6H2,1-2H3,(H,15,16)/b14-9-. The van der Waals surface area contributed by atoms with Crippen LogP contribution < -0.4 is 5.43 Å². The van der Waals surface area contributed by atoms with E-state index in [2.05, 4.69) is 17.5 Å². The van der Waals surface area contributed by atoms with E-state index in [0.29, 0.717) is 6.42 Å². The van der Waals surface area contributed by atoms with Crippen molar-refractivity contribution in [1.82, 2.24) is 5.43 Å². The first-order valence-corrected chi connectivity index (χ1v) is 6.91. The summed E-state index contributed by atoms with van der Waals surface area (Å²) in [5.74, 6) is -0.0274. The molecule has 0 unspecified atom stereocenters. The Morgan fingerprint density at radius 2 is 2.24 bits per heavy atom. The zero-order valence-corrected chi connectivity index (χ0v) is 11.7. The van der Waals surface area contributed by atoms with Crippen LogP contribution in [0.25, 0.3) is 0 Å². The van der Waals surface area contributed by atoms with Crippen molar-refractivity contribution in [3.63, 3.8) is 0 Å². The summed E-state index contributed by atoms with van der Waals surface area (Å²) in [5.41, 5.74) is 3.34. The lowest BCUT2D eigenvalue weighted by Crippen LogP contribution is -2.18. The highest BCUT2D eigenvalue weighted by molar-refractivity contribution is 7.18. The van der Waals surface area contributed by atoms with E-state index in [1.807, 2.05) is 19.1 Å². The molecule has 0 aliphatic carbocycles. The van der Waals surface area contributed by atoms with Crippen LogP contribution in [0.15, 0.2) is 17.2 Å². The van der Waals surface area contributed by atoms with Gasteiger partial charge in [0.25, 0.3) is 0 Å². The molecule has 5 heteroatoms. The number of carbonyl (C=O) groups excluding carboxylic acids is 1. The van der Waals surface area contributed by atoms with Crippen molar-refractivity contribution in [3.05, 3.63) is 21.3 Å². The number of hydrogen-bond donors (Lipinski definition) is 1. The zero-order valence-electron chi connectivity index (χ0n) is 10.1. The molecule has 1 amide bonds. The summed E-state index contributed by atoms with van der Waals surface area (Å²) >= 11 is 7.28. The third kappa shape index (κ3) is 5.33. The second-order valence-corrected chi connectivity index (χ2v) is 5.51. The molecule has 1 aromatic heterocycles. The normalized spacial score (nSPS) is 11.6. The van der Waals surface area contributed by atoms with Gasteiger partial charge in [0.15, 0.2) is 0 Å². The Morgan fingerprint density at radius 3 is 2.82 bits per heavy atom. The van der Waals surface area contributed by atoms with Crippen molar-refractivity contribution in [2.75, 3.05) is 0 Å². The smallest absolute Gasteiger partial charge is 0.240 e. The molecule has 0 atom stereocenters. The van der Waals surface area contributed by atoms with E-state index in [-0.39, 0.29) is 5.91 Å². The van der Waals surface area contributed by atoms with Gasteiger partial charge in [-0.15, -0.1) is 11.3 Å². The average molecular weight is 273 g/mol. The minimum atomic E-state index is -0.0274. The van der Waals surface area contributed by atoms with E-state index in [4.69, 9.17) is 11.6 Å². The van der Waals surface area contributed by atoms with Gasteiger partial charge < -0.3 is 0 Å². The van der Waals surface area contributed by atoms with Crippen LogP contribution in [-0.4, -0.2) is 11.6 Å². The Bertz CT molecular complexity index is 401. The summed E-state index contributed by atoms with van der Waals surface area (Å²) in [6.45, 7) is 3.97. The minimum Gasteiger partial charge on any atom is -0.273 e. The van der Waals surface area contributed by atoms with Crippen molar-refractivity contribution in [2.45, 2.75) is 39.5 Å². The summed E-state index contributed by atoms with van der Waals surface area (Å²) in [6.07, 6.45) is 3.65. The molecule has 1 rings (SSSR count). The van der Waals surface area contributed by atoms with Crippen LogP contribution in [0, 0.1) is 0 Å². The molecule has 0 bridgehead atoms. The van der Waals surface area contributed by atoms with Crippen LogP contribution in [0.5, 0.6) is 0 Å². The van der Waals surface area contributed by atoms with Gasteiger partial charge in [-0.25, -0.2) is 5.43 Å². The fourth-order valence-electron chi connectivity index (χ4n) is 1.30. The number of hydrogen-bond acceptors (Lipinski definition) is 3. The van der Waals surface area contributed by atoms with Crippen molar-refractivity contribution in [1.29, 1.82) is 0 Å². The first kappa shape index (κ1) is 14.2. The van der Waals surface area contributed by atoms with E-state index >= 15 is 0 Å². The van der Waals surface area contributed by atoms with Crippen LogP contribution >= 0.6 is 22.9 Å². The molecule has 94 valence electrons. The van der Waals surface area contributed by atoms with Crippen molar-refractivity contribution in [2.24, 2.45) is 5.10 Å². The number of nitrogens with one attached hydrogen (secondary N) is 1. The third-order valence-electron chi connectivity index (χ3n) is 2.29. The number of unbranched alkanes of at least 4 members (excludes halogenated alkanes) is 2. The largest absolute Gasteiger partial charge is 0.273 e. The quantitative estimate of drug-likeness (QED) is 0.477. The van der Waals surface area contributed by atoms with E-state index < -0.39 is 0 Å². The Kier molecular flexibility index (Phi) is 6.22. The number of nitrogens with zero attached hydrogens (tertiary/aromatic N) is 1. The van der Waals surface area contributed by atoms with Crippen molar-refractivity contribution in [3.8, 4) is 0 Å². The molecule has 0 spiro atoms. The van der Waals surface area contributed by atoms with Gasteiger partial charge in [0.1, 0.15) is 0 Å². The molecule has 0 fully saturated rings. The summed E-state index contributed by atoms with van der Waals surface area (Å²) in [5, 5.41) is 4.06. The molecule has 0 saturated carbocycles. The topological polar surface area (TPSA) is 41.5 Å². The predicted molar refractivity (Wildman–Crippen MR) is 73.8 cm³/mol. The Labute approximate surface area is 111 Å². The molecule has 1 N–H and O–H groups in total. The number of rotatable bonds is 6. The molecule has 0 saturated heterocycles. The van der Waals surface area contributed by atoms with Gasteiger partial charge in [-0.1, -0.05) is 31.4 Å². The van der Waals surface area contributed by atoms with Crippen molar-refractivity contribution < 1.29 is 4.79 Å². The lowest BCUT2D eigenvalue weighted by atomic mass is 10.2. The Morgan fingerprint density at radius 1 is 1.47 bits per heavy atom.